The Hall–Kier alpha value is -3.53. The van der Waals surface area contributed by atoms with Crippen molar-refractivity contribution in [2.45, 2.75) is 38.7 Å². The molecular formula is C25H26F2N4O4. The Balaban J connectivity index is 1.57. The third-order valence-electron chi connectivity index (χ3n) is 6.61. The number of rotatable bonds is 4. The molecule has 4 heterocycles. The lowest BCUT2D eigenvalue weighted by atomic mass is 10.0. The number of hydrogen-bond donors (Lipinski definition) is 1. The third kappa shape index (κ3) is 4.45. The van der Waals surface area contributed by atoms with E-state index in [-0.39, 0.29) is 49.0 Å². The number of carboxylic acid groups (broad SMARTS) is 1. The molecule has 2 amide bonds. The van der Waals surface area contributed by atoms with Crippen molar-refractivity contribution in [1.29, 1.82) is 0 Å². The van der Waals surface area contributed by atoms with Gasteiger partial charge in [-0.05, 0) is 49.6 Å². The zero-order valence-corrected chi connectivity index (χ0v) is 19.3. The second kappa shape index (κ2) is 9.26. The Morgan fingerprint density at radius 2 is 1.97 bits per heavy atom. The number of nitrogens with zero attached hydrogens (tertiary/aromatic N) is 4. The molecule has 184 valence electrons. The summed E-state index contributed by atoms with van der Waals surface area (Å²) in [5.74, 6) is -1.77. The van der Waals surface area contributed by atoms with E-state index in [4.69, 9.17) is 4.74 Å². The average Bonchev–Trinajstić information content (AvgIpc) is 3.15. The Bertz CT molecular complexity index is 1290. The molecule has 0 spiro atoms. The van der Waals surface area contributed by atoms with Crippen molar-refractivity contribution >= 4 is 23.3 Å². The molecule has 8 nitrogen and oxygen atoms in total. The van der Waals surface area contributed by atoms with Gasteiger partial charge in [-0.3, -0.25) is 4.79 Å². The molecule has 2 aromatic heterocycles. The first kappa shape index (κ1) is 23.2. The number of piperidine rings is 1. The average molecular weight is 485 g/mol. The van der Waals surface area contributed by atoms with Crippen LogP contribution in [0.1, 0.15) is 30.5 Å². The van der Waals surface area contributed by atoms with Gasteiger partial charge in [0.05, 0.1) is 36.2 Å². The number of benzene rings is 1. The summed E-state index contributed by atoms with van der Waals surface area (Å²) in [6.07, 6.45) is 2.38. The van der Waals surface area contributed by atoms with Crippen LogP contribution in [0.3, 0.4) is 0 Å². The summed E-state index contributed by atoms with van der Waals surface area (Å²) in [5, 5.41) is 9.37. The summed E-state index contributed by atoms with van der Waals surface area (Å²) in [5.41, 5.74) is 2.04. The first-order valence-electron chi connectivity index (χ1n) is 11.7. The van der Waals surface area contributed by atoms with E-state index in [9.17, 15) is 14.7 Å². The first-order valence-corrected chi connectivity index (χ1v) is 11.7. The van der Waals surface area contributed by atoms with Gasteiger partial charge in [0.15, 0.2) is 0 Å². The van der Waals surface area contributed by atoms with E-state index in [1.165, 1.54) is 21.9 Å². The van der Waals surface area contributed by atoms with Crippen molar-refractivity contribution < 1.29 is 28.2 Å². The maximum Gasteiger partial charge on any atom is 0.407 e. The first-order chi connectivity index (χ1) is 16.8. The molecule has 1 N–H and O–H groups in total. The number of halogens is 2. The lowest BCUT2D eigenvalue weighted by Crippen LogP contribution is -2.45. The summed E-state index contributed by atoms with van der Waals surface area (Å²) in [7, 11) is 0. The smallest absolute Gasteiger partial charge is 0.407 e. The van der Waals surface area contributed by atoms with Crippen LogP contribution in [-0.4, -0.2) is 63.7 Å². The number of aryl methyl sites for hydroxylation is 1. The van der Waals surface area contributed by atoms with Crippen molar-refractivity contribution in [1.82, 2.24) is 14.3 Å². The molecule has 2 fully saturated rings. The maximum absolute atomic E-state index is 15.5. The number of ether oxygens (including phenoxy) is 1. The molecule has 35 heavy (non-hydrogen) atoms. The van der Waals surface area contributed by atoms with Gasteiger partial charge in [-0.15, -0.1) is 0 Å². The van der Waals surface area contributed by atoms with Gasteiger partial charge in [-0.2, -0.15) is 0 Å². The molecule has 2 aliphatic rings. The van der Waals surface area contributed by atoms with Crippen LogP contribution < -0.4 is 4.90 Å². The highest BCUT2D eigenvalue weighted by molar-refractivity contribution is 5.94. The van der Waals surface area contributed by atoms with Crippen LogP contribution in [-0.2, 0) is 16.0 Å². The highest BCUT2D eigenvalue weighted by atomic mass is 19.1. The van der Waals surface area contributed by atoms with Gasteiger partial charge < -0.3 is 24.0 Å². The van der Waals surface area contributed by atoms with E-state index in [0.717, 1.165) is 18.4 Å². The monoisotopic (exact) mass is 484 g/mol. The van der Waals surface area contributed by atoms with E-state index in [0.29, 0.717) is 24.3 Å². The molecular weight excluding hydrogens is 458 g/mol. The Kier molecular flexibility index (Phi) is 6.14. The van der Waals surface area contributed by atoms with Gasteiger partial charge in [0, 0.05) is 37.8 Å². The van der Waals surface area contributed by atoms with Gasteiger partial charge in [0.25, 0.3) is 0 Å². The molecule has 10 heteroatoms. The number of aromatic nitrogens is 2. The lowest BCUT2D eigenvalue weighted by Gasteiger charge is -2.31. The molecule has 0 radical (unpaired) electrons. The fourth-order valence-corrected chi connectivity index (χ4v) is 4.85. The molecule has 0 unspecified atom stereocenters. The highest BCUT2D eigenvalue weighted by Gasteiger charge is 2.29. The molecule has 5 rings (SSSR count). The standard InChI is InChI=1S/C25H26F2N4O4/c1-15-5-7-31-20(13-17-14-29(25(33)34)8-9-35-17)24(28-21(31)10-15)23-18(26)11-16(12-19(23)27)30-6-3-2-4-22(30)32/h5,7,10-12,17H,2-4,6,8-9,13-14H2,1H3,(H,33,34)/t17-/m0/s1. The second-order valence-corrected chi connectivity index (χ2v) is 9.05. The molecule has 2 saturated heterocycles. The number of carbonyl (C=O) groups excluding carboxylic acids is 1. The van der Waals surface area contributed by atoms with Crippen molar-refractivity contribution in [3.8, 4) is 11.3 Å². The summed E-state index contributed by atoms with van der Waals surface area (Å²) in [4.78, 5) is 31.0. The van der Waals surface area contributed by atoms with Gasteiger partial charge in [0.1, 0.15) is 17.3 Å². The quantitative estimate of drug-likeness (QED) is 0.604. The Morgan fingerprint density at radius 1 is 1.20 bits per heavy atom. The zero-order valence-electron chi connectivity index (χ0n) is 19.3. The third-order valence-corrected chi connectivity index (χ3v) is 6.61. The zero-order chi connectivity index (χ0) is 24.7. The molecule has 0 aliphatic carbocycles. The maximum atomic E-state index is 15.5. The summed E-state index contributed by atoms with van der Waals surface area (Å²) < 4.78 is 38.5. The number of hydrogen-bond acceptors (Lipinski definition) is 4. The van der Waals surface area contributed by atoms with Crippen LogP contribution in [0.2, 0.25) is 0 Å². The molecule has 3 aromatic rings. The van der Waals surface area contributed by atoms with Gasteiger partial charge in [-0.25, -0.2) is 18.6 Å². The van der Waals surface area contributed by atoms with Gasteiger partial charge in [0.2, 0.25) is 5.91 Å². The number of pyridine rings is 1. The Morgan fingerprint density at radius 3 is 2.69 bits per heavy atom. The van der Waals surface area contributed by atoms with Crippen LogP contribution >= 0.6 is 0 Å². The lowest BCUT2D eigenvalue weighted by molar-refractivity contribution is -0.119. The van der Waals surface area contributed by atoms with Crippen molar-refractivity contribution in [2.24, 2.45) is 0 Å². The van der Waals surface area contributed by atoms with Crippen LogP contribution in [0.15, 0.2) is 30.5 Å². The predicted molar refractivity (Wildman–Crippen MR) is 125 cm³/mol. The number of anilines is 1. The number of fused-ring (bicyclic) bond motifs is 1. The minimum atomic E-state index is -1.03. The van der Waals surface area contributed by atoms with Crippen LogP contribution in [0.5, 0.6) is 0 Å². The van der Waals surface area contributed by atoms with Crippen LogP contribution in [0, 0.1) is 18.6 Å². The number of imidazole rings is 1. The van der Waals surface area contributed by atoms with E-state index < -0.39 is 23.8 Å². The topological polar surface area (TPSA) is 87.4 Å². The fraction of sp³-hybridized carbons (Fsp3) is 0.400. The predicted octanol–water partition coefficient (Wildman–Crippen LogP) is 4.03. The normalized spacial score (nSPS) is 18.9. The summed E-state index contributed by atoms with van der Waals surface area (Å²) >= 11 is 0. The van der Waals surface area contributed by atoms with Crippen LogP contribution in [0.4, 0.5) is 19.3 Å². The van der Waals surface area contributed by atoms with Crippen molar-refractivity contribution in [2.75, 3.05) is 31.1 Å². The van der Waals surface area contributed by atoms with E-state index >= 15 is 8.78 Å². The molecule has 0 saturated carbocycles. The summed E-state index contributed by atoms with van der Waals surface area (Å²) in [6, 6.07) is 6.05. The van der Waals surface area contributed by atoms with Crippen molar-refractivity contribution in [3.05, 3.63) is 53.4 Å². The minimum Gasteiger partial charge on any atom is -0.465 e. The van der Waals surface area contributed by atoms with E-state index in [1.807, 2.05) is 19.1 Å². The molecule has 1 atom stereocenters. The molecule has 2 aliphatic heterocycles. The molecule has 0 bridgehead atoms. The van der Waals surface area contributed by atoms with Crippen molar-refractivity contribution in [3.63, 3.8) is 0 Å². The Labute approximate surface area is 200 Å². The second-order valence-electron chi connectivity index (χ2n) is 9.05. The summed E-state index contributed by atoms with van der Waals surface area (Å²) in [6.45, 7) is 2.98. The number of morpholine rings is 1. The number of amides is 2. The largest absolute Gasteiger partial charge is 0.465 e. The van der Waals surface area contributed by atoms with Gasteiger partial charge in [-0.1, -0.05) is 0 Å². The van der Waals surface area contributed by atoms with E-state index in [1.54, 1.807) is 10.6 Å². The van der Waals surface area contributed by atoms with E-state index in [2.05, 4.69) is 4.98 Å². The van der Waals surface area contributed by atoms with Gasteiger partial charge >= 0.3 is 6.09 Å². The van der Waals surface area contributed by atoms with Crippen LogP contribution in [0.25, 0.3) is 16.9 Å². The number of carbonyl (C=O) groups is 2. The highest BCUT2D eigenvalue weighted by Crippen LogP contribution is 2.34. The minimum absolute atomic E-state index is 0.137. The fourth-order valence-electron chi connectivity index (χ4n) is 4.85. The SMILES string of the molecule is Cc1ccn2c(C[C@H]3CN(C(=O)O)CCO3)c(-c3c(F)cc(N4CCCCC4=O)cc3F)nc2c1. The molecule has 1 aromatic carbocycles.